The van der Waals surface area contributed by atoms with Crippen LogP contribution in [0.2, 0.25) is 0 Å². The summed E-state index contributed by atoms with van der Waals surface area (Å²) >= 11 is 0. The SMILES string of the molecule is Cn1ccc2c(CCCC[N])cccc21. The Hall–Kier alpha value is -1.28. The van der Waals surface area contributed by atoms with Crippen LogP contribution in [0.25, 0.3) is 10.9 Å². The molecule has 2 radical (unpaired) electrons. The van der Waals surface area contributed by atoms with E-state index in [0.29, 0.717) is 6.54 Å². The summed E-state index contributed by atoms with van der Waals surface area (Å²) in [6.45, 7) is 0.296. The van der Waals surface area contributed by atoms with Crippen LogP contribution in [-0.4, -0.2) is 11.1 Å². The standard InChI is InChI=1S/C13H16N2/c1-15-10-8-12-11(5-2-3-9-14)6-4-7-13(12)15/h4,6-8,10H,2-3,5,9H2,1H3. The third-order valence-corrected chi connectivity index (χ3v) is 2.87. The lowest BCUT2D eigenvalue weighted by Crippen LogP contribution is -1.91. The average molecular weight is 200 g/mol. The van der Waals surface area contributed by atoms with Gasteiger partial charge in [-0.2, -0.15) is 0 Å². The van der Waals surface area contributed by atoms with E-state index in [1.165, 1.54) is 16.5 Å². The van der Waals surface area contributed by atoms with Crippen LogP contribution in [0.5, 0.6) is 0 Å². The van der Waals surface area contributed by atoms with Crippen molar-refractivity contribution < 1.29 is 0 Å². The predicted octanol–water partition coefficient (Wildman–Crippen LogP) is 2.57. The van der Waals surface area contributed by atoms with E-state index in [4.69, 9.17) is 5.73 Å². The summed E-state index contributed by atoms with van der Waals surface area (Å²) < 4.78 is 2.14. The first-order valence-electron chi connectivity index (χ1n) is 5.46. The second-order valence-corrected chi connectivity index (χ2v) is 3.96. The zero-order valence-electron chi connectivity index (χ0n) is 9.11. The van der Waals surface area contributed by atoms with Crippen LogP contribution in [0.4, 0.5) is 0 Å². The summed E-state index contributed by atoms with van der Waals surface area (Å²) in [4.78, 5) is 0. The molecule has 0 N–H and O–H groups in total. The largest absolute Gasteiger partial charge is 0.351 e. The first-order chi connectivity index (χ1) is 7.33. The molecule has 0 aliphatic carbocycles. The second-order valence-electron chi connectivity index (χ2n) is 3.96. The minimum absolute atomic E-state index is 0.296. The number of aryl methyl sites for hydroxylation is 2. The maximum atomic E-state index is 8.76. The van der Waals surface area contributed by atoms with Gasteiger partial charge in [0.05, 0.1) is 0 Å². The molecule has 1 aromatic carbocycles. The molecule has 0 amide bonds. The number of fused-ring (bicyclic) bond motifs is 1. The van der Waals surface area contributed by atoms with E-state index in [1.807, 2.05) is 0 Å². The van der Waals surface area contributed by atoms with E-state index in [0.717, 1.165) is 19.3 Å². The number of hydrogen-bond donors (Lipinski definition) is 0. The average Bonchev–Trinajstić information content (AvgIpc) is 2.62. The van der Waals surface area contributed by atoms with Gasteiger partial charge in [-0.15, -0.1) is 5.73 Å². The topological polar surface area (TPSA) is 27.2 Å². The van der Waals surface area contributed by atoms with Crippen molar-refractivity contribution in [2.24, 2.45) is 7.05 Å². The molecule has 2 aromatic rings. The van der Waals surface area contributed by atoms with E-state index in [2.05, 4.69) is 42.1 Å². The monoisotopic (exact) mass is 200 g/mol. The Morgan fingerprint density at radius 1 is 1.20 bits per heavy atom. The lowest BCUT2D eigenvalue weighted by molar-refractivity contribution is 0.738. The number of unbranched alkanes of at least 4 members (excludes halogenated alkanes) is 1. The Morgan fingerprint density at radius 2 is 2.07 bits per heavy atom. The van der Waals surface area contributed by atoms with Crippen molar-refractivity contribution in [3.63, 3.8) is 0 Å². The molecule has 0 saturated carbocycles. The fourth-order valence-corrected chi connectivity index (χ4v) is 2.01. The number of aromatic nitrogens is 1. The van der Waals surface area contributed by atoms with Gasteiger partial charge < -0.3 is 4.57 Å². The van der Waals surface area contributed by atoms with Crippen molar-refractivity contribution in [3.05, 3.63) is 36.0 Å². The highest BCUT2D eigenvalue weighted by Gasteiger charge is 2.02. The highest BCUT2D eigenvalue weighted by Crippen LogP contribution is 2.20. The van der Waals surface area contributed by atoms with Gasteiger partial charge in [0.25, 0.3) is 0 Å². The summed E-state index contributed by atoms with van der Waals surface area (Å²) in [5.41, 5.74) is 11.4. The number of nitrogens with zero attached hydrogens (tertiary/aromatic N) is 2. The molecular formula is C13H16N2. The van der Waals surface area contributed by atoms with Crippen LogP contribution < -0.4 is 5.73 Å². The van der Waals surface area contributed by atoms with Gasteiger partial charge in [-0.1, -0.05) is 12.1 Å². The van der Waals surface area contributed by atoms with Crippen LogP contribution in [0, 0.1) is 0 Å². The highest BCUT2D eigenvalue weighted by atomic mass is 14.9. The van der Waals surface area contributed by atoms with E-state index in [-0.39, 0.29) is 0 Å². The molecule has 0 saturated heterocycles. The third kappa shape index (κ3) is 2.05. The first-order valence-corrected chi connectivity index (χ1v) is 5.46. The van der Waals surface area contributed by atoms with Gasteiger partial charge in [0.15, 0.2) is 0 Å². The summed E-state index contributed by atoms with van der Waals surface area (Å²) in [6, 6.07) is 8.60. The van der Waals surface area contributed by atoms with Gasteiger partial charge in [-0.3, -0.25) is 0 Å². The summed E-state index contributed by atoms with van der Waals surface area (Å²) in [5.74, 6) is 0. The Labute approximate surface area is 90.7 Å². The Bertz CT molecular complexity index is 443. The van der Waals surface area contributed by atoms with Crippen molar-refractivity contribution in [1.82, 2.24) is 10.3 Å². The van der Waals surface area contributed by atoms with Crippen molar-refractivity contribution >= 4 is 10.9 Å². The Kier molecular flexibility index (Phi) is 3.07. The van der Waals surface area contributed by atoms with E-state index in [9.17, 15) is 0 Å². The van der Waals surface area contributed by atoms with Crippen LogP contribution in [-0.2, 0) is 13.5 Å². The van der Waals surface area contributed by atoms with Crippen molar-refractivity contribution in [2.75, 3.05) is 6.54 Å². The third-order valence-electron chi connectivity index (χ3n) is 2.87. The summed E-state index contributed by atoms with van der Waals surface area (Å²) in [6.07, 6.45) is 5.11. The summed E-state index contributed by atoms with van der Waals surface area (Å²) in [7, 11) is 2.07. The molecular weight excluding hydrogens is 184 g/mol. The Morgan fingerprint density at radius 3 is 2.87 bits per heavy atom. The maximum absolute atomic E-state index is 8.76. The minimum Gasteiger partial charge on any atom is -0.351 e. The zero-order valence-corrected chi connectivity index (χ0v) is 9.11. The predicted molar refractivity (Wildman–Crippen MR) is 62.9 cm³/mol. The quantitative estimate of drug-likeness (QED) is 0.678. The molecule has 15 heavy (non-hydrogen) atoms. The molecule has 1 heterocycles. The fourth-order valence-electron chi connectivity index (χ4n) is 2.01. The van der Waals surface area contributed by atoms with Crippen molar-refractivity contribution in [2.45, 2.75) is 19.3 Å². The number of hydrogen-bond acceptors (Lipinski definition) is 0. The fraction of sp³-hybridized carbons (Fsp3) is 0.385. The molecule has 2 nitrogen and oxygen atoms in total. The molecule has 0 unspecified atom stereocenters. The van der Waals surface area contributed by atoms with E-state index in [1.54, 1.807) is 0 Å². The molecule has 2 rings (SSSR count). The molecule has 0 aliphatic heterocycles. The lowest BCUT2D eigenvalue weighted by atomic mass is 10.0. The number of rotatable bonds is 4. The molecule has 0 aliphatic rings. The van der Waals surface area contributed by atoms with Crippen molar-refractivity contribution in [1.29, 1.82) is 0 Å². The van der Waals surface area contributed by atoms with Crippen LogP contribution >= 0.6 is 0 Å². The molecule has 0 bridgehead atoms. The van der Waals surface area contributed by atoms with Gasteiger partial charge in [0.1, 0.15) is 0 Å². The smallest absolute Gasteiger partial charge is 0.0480 e. The van der Waals surface area contributed by atoms with E-state index >= 15 is 0 Å². The Balaban J connectivity index is 2.26. The molecule has 78 valence electrons. The van der Waals surface area contributed by atoms with Crippen LogP contribution in [0.15, 0.2) is 30.5 Å². The highest BCUT2D eigenvalue weighted by molar-refractivity contribution is 5.83. The molecule has 2 heteroatoms. The number of benzene rings is 1. The zero-order chi connectivity index (χ0) is 10.7. The minimum atomic E-state index is 0.296. The first kappa shape index (κ1) is 10.2. The van der Waals surface area contributed by atoms with Gasteiger partial charge in [-0.05, 0) is 37.0 Å². The maximum Gasteiger partial charge on any atom is 0.0480 e. The van der Waals surface area contributed by atoms with Gasteiger partial charge in [0, 0.05) is 30.7 Å². The van der Waals surface area contributed by atoms with E-state index < -0.39 is 0 Å². The lowest BCUT2D eigenvalue weighted by Gasteiger charge is -2.03. The van der Waals surface area contributed by atoms with Gasteiger partial charge in [0.2, 0.25) is 0 Å². The summed E-state index contributed by atoms with van der Waals surface area (Å²) in [5, 5.41) is 1.35. The normalized spacial score (nSPS) is 11.1. The van der Waals surface area contributed by atoms with Crippen LogP contribution in [0.3, 0.4) is 0 Å². The molecule has 0 fully saturated rings. The van der Waals surface area contributed by atoms with Crippen molar-refractivity contribution in [3.8, 4) is 0 Å². The molecule has 0 atom stereocenters. The van der Waals surface area contributed by atoms with Gasteiger partial charge in [-0.25, -0.2) is 0 Å². The van der Waals surface area contributed by atoms with Gasteiger partial charge >= 0.3 is 0 Å². The molecule has 0 spiro atoms. The second kappa shape index (κ2) is 4.49. The van der Waals surface area contributed by atoms with Crippen LogP contribution in [0.1, 0.15) is 18.4 Å². The molecule has 1 aromatic heterocycles.